The van der Waals surface area contributed by atoms with Crippen LogP contribution in [-0.2, 0) is 9.47 Å². The molecule has 1 aromatic rings. The van der Waals surface area contributed by atoms with Gasteiger partial charge in [-0.15, -0.1) is 0 Å². The van der Waals surface area contributed by atoms with Crippen molar-refractivity contribution in [3.63, 3.8) is 0 Å². The number of aromatic nitrogens is 1. The molecule has 0 aliphatic rings. The van der Waals surface area contributed by atoms with Crippen molar-refractivity contribution in [2.24, 2.45) is 5.10 Å². The zero-order valence-corrected chi connectivity index (χ0v) is 13.2. The number of aryl methyl sites for hydroxylation is 1. The molecule has 0 saturated carbocycles. The molecule has 2 N–H and O–H groups in total. The molecule has 0 radical (unpaired) electrons. The van der Waals surface area contributed by atoms with Crippen LogP contribution >= 0.6 is 11.5 Å². The topological polar surface area (TPSA) is 102 Å². The molecule has 0 aromatic carbocycles. The van der Waals surface area contributed by atoms with E-state index in [0.717, 1.165) is 11.5 Å². The Balaban J connectivity index is 2.86. The van der Waals surface area contributed by atoms with Crippen LogP contribution < -0.4 is 10.7 Å². The van der Waals surface area contributed by atoms with Crippen molar-refractivity contribution in [1.29, 1.82) is 0 Å². The summed E-state index contributed by atoms with van der Waals surface area (Å²) < 4.78 is 13.7. The maximum absolute atomic E-state index is 11.5. The van der Waals surface area contributed by atoms with Crippen LogP contribution in [0.3, 0.4) is 0 Å². The van der Waals surface area contributed by atoms with Gasteiger partial charge >= 0.3 is 12.2 Å². The highest BCUT2D eigenvalue weighted by molar-refractivity contribution is 7.11. The summed E-state index contributed by atoms with van der Waals surface area (Å²) in [6.07, 6.45) is -1.20. The maximum atomic E-state index is 11.5. The number of amides is 2. The molecule has 1 aromatic heterocycles. The fraction of sp³-hybridized carbons (Fsp3) is 0.500. The van der Waals surface area contributed by atoms with Crippen molar-refractivity contribution in [3.05, 3.63) is 11.3 Å². The summed E-state index contributed by atoms with van der Waals surface area (Å²) in [6.45, 7) is 7.43. The van der Waals surface area contributed by atoms with Crippen molar-refractivity contribution in [3.8, 4) is 0 Å². The number of hydrazone groups is 1. The van der Waals surface area contributed by atoms with E-state index in [2.05, 4.69) is 20.2 Å². The number of anilines is 1. The number of hydrogen-bond acceptors (Lipinski definition) is 7. The second-order valence-corrected chi connectivity index (χ2v) is 4.62. The number of nitrogens with zero attached hydrogens (tertiary/aromatic N) is 2. The van der Waals surface area contributed by atoms with Crippen LogP contribution in [0.5, 0.6) is 0 Å². The molecule has 1 rings (SSSR count). The van der Waals surface area contributed by atoms with Crippen molar-refractivity contribution in [1.82, 2.24) is 9.80 Å². The molecule has 1 heterocycles. The minimum atomic E-state index is -0.641. The first-order valence-electron chi connectivity index (χ1n) is 6.37. The normalized spacial score (nSPS) is 11.0. The van der Waals surface area contributed by atoms with E-state index in [9.17, 15) is 9.59 Å². The molecule has 0 atom stereocenters. The minimum absolute atomic E-state index is 0.259. The number of nitrogens with one attached hydrogen (secondary N) is 2. The zero-order valence-electron chi connectivity index (χ0n) is 12.3. The van der Waals surface area contributed by atoms with Gasteiger partial charge < -0.3 is 9.47 Å². The summed E-state index contributed by atoms with van der Waals surface area (Å²) in [7, 11) is 0. The third-order valence-corrected chi connectivity index (χ3v) is 3.16. The second-order valence-electron chi connectivity index (χ2n) is 3.85. The SMILES string of the molecule is CCOC(=O)N/N=C(\C)c1c(C)nsc1NC(=O)OCC. The smallest absolute Gasteiger partial charge is 0.427 e. The van der Waals surface area contributed by atoms with E-state index in [0.29, 0.717) is 22.0 Å². The summed E-state index contributed by atoms with van der Waals surface area (Å²) in [5.74, 6) is 0. The molecule has 8 nitrogen and oxygen atoms in total. The van der Waals surface area contributed by atoms with Crippen molar-refractivity contribution < 1.29 is 19.1 Å². The zero-order chi connectivity index (χ0) is 15.8. The number of rotatable bonds is 5. The molecule has 116 valence electrons. The standard InChI is InChI=1S/C12H18N4O4S/c1-5-19-11(17)13-10-9(8(4)16-21-10)7(3)14-15-12(18)20-6-2/h5-6H2,1-4H3,(H,13,17)(H,15,18)/b14-7+. The number of hydrogen-bond donors (Lipinski definition) is 2. The van der Waals surface area contributed by atoms with Gasteiger partial charge in [0.2, 0.25) is 0 Å². The Labute approximate surface area is 126 Å². The lowest BCUT2D eigenvalue weighted by atomic mass is 10.2. The number of ether oxygens (including phenoxy) is 2. The minimum Gasteiger partial charge on any atom is -0.450 e. The molecule has 9 heteroatoms. The van der Waals surface area contributed by atoms with Gasteiger partial charge in [-0.05, 0) is 39.2 Å². The third kappa shape index (κ3) is 5.03. The van der Waals surface area contributed by atoms with E-state index in [4.69, 9.17) is 9.47 Å². The fourth-order valence-corrected chi connectivity index (χ4v) is 2.32. The van der Waals surface area contributed by atoms with Gasteiger partial charge in [0.05, 0.1) is 30.2 Å². The molecule has 0 fully saturated rings. The molecule has 0 unspecified atom stereocenters. The van der Waals surface area contributed by atoms with Gasteiger partial charge in [-0.2, -0.15) is 9.47 Å². The number of carbonyl (C=O) groups is 2. The van der Waals surface area contributed by atoms with E-state index < -0.39 is 12.2 Å². The monoisotopic (exact) mass is 314 g/mol. The number of carbonyl (C=O) groups excluding carboxylic acids is 2. The molecule has 0 bridgehead atoms. The quantitative estimate of drug-likeness (QED) is 0.642. The van der Waals surface area contributed by atoms with Crippen LogP contribution in [-0.4, -0.2) is 35.5 Å². The predicted octanol–water partition coefficient (Wildman–Crippen LogP) is 2.49. The lowest BCUT2D eigenvalue weighted by molar-refractivity contribution is 0.152. The third-order valence-electron chi connectivity index (χ3n) is 2.31. The van der Waals surface area contributed by atoms with Crippen molar-refractivity contribution in [2.75, 3.05) is 18.5 Å². The van der Waals surface area contributed by atoms with Gasteiger partial charge in [0, 0.05) is 0 Å². The van der Waals surface area contributed by atoms with Gasteiger partial charge in [-0.25, -0.2) is 15.0 Å². The molecule has 0 spiro atoms. The van der Waals surface area contributed by atoms with Crippen LogP contribution in [0.25, 0.3) is 0 Å². The van der Waals surface area contributed by atoms with Crippen LogP contribution in [0, 0.1) is 6.92 Å². The van der Waals surface area contributed by atoms with Crippen LogP contribution in [0.4, 0.5) is 14.6 Å². The first-order valence-corrected chi connectivity index (χ1v) is 7.14. The van der Waals surface area contributed by atoms with Gasteiger partial charge in [-0.3, -0.25) is 5.32 Å². The molecule has 2 amide bonds. The van der Waals surface area contributed by atoms with E-state index in [1.165, 1.54) is 0 Å². The molecule has 0 saturated heterocycles. The molecular weight excluding hydrogens is 296 g/mol. The molecular formula is C12H18N4O4S. The highest BCUT2D eigenvalue weighted by atomic mass is 32.1. The fourth-order valence-electron chi connectivity index (χ4n) is 1.49. The van der Waals surface area contributed by atoms with Crippen LogP contribution in [0.15, 0.2) is 5.10 Å². The van der Waals surface area contributed by atoms with Crippen molar-refractivity contribution in [2.45, 2.75) is 27.7 Å². The van der Waals surface area contributed by atoms with Gasteiger partial charge in [0.25, 0.3) is 0 Å². The Kier molecular flexibility index (Phi) is 6.60. The van der Waals surface area contributed by atoms with Gasteiger partial charge in [0.1, 0.15) is 5.00 Å². The summed E-state index contributed by atoms with van der Waals surface area (Å²) in [6, 6.07) is 0. The summed E-state index contributed by atoms with van der Waals surface area (Å²) in [5, 5.41) is 7.03. The summed E-state index contributed by atoms with van der Waals surface area (Å²) in [4.78, 5) is 22.7. The van der Waals surface area contributed by atoms with E-state index >= 15 is 0 Å². The van der Waals surface area contributed by atoms with E-state index in [1.807, 2.05) is 0 Å². The van der Waals surface area contributed by atoms with Crippen LogP contribution in [0.1, 0.15) is 32.0 Å². The summed E-state index contributed by atoms with van der Waals surface area (Å²) in [5.41, 5.74) is 4.10. The van der Waals surface area contributed by atoms with E-state index in [-0.39, 0.29) is 13.2 Å². The lowest BCUT2D eigenvalue weighted by Crippen LogP contribution is -2.21. The average molecular weight is 314 g/mol. The Hall–Kier alpha value is -2.16. The first kappa shape index (κ1) is 16.9. The highest BCUT2D eigenvalue weighted by Gasteiger charge is 2.16. The molecule has 21 heavy (non-hydrogen) atoms. The second kappa shape index (κ2) is 8.20. The predicted molar refractivity (Wildman–Crippen MR) is 79.9 cm³/mol. The maximum Gasteiger partial charge on any atom is 0.427 e. The van der Waals surface area contributed by atoms with Crippen molar-refractivity contribution >= 4 is 34.4 Å². The Morgan fingerprint density at radius 2 is 1.86 bits per heavy atom. The van der Waals surface area contributed by atoms with E-state index in [1.54, 1.807) is 27.7 Å². The molecule has 0 aliphatic carbocycles. The highest BCUT2D eigenvalue weighted by Crippen LogP contribution is 2.25. The Bertz CT molecular complexity index is 541. The Morgan fingerprint density at radius 1 is 1.24 bits per heavy atom. The van der Waals surface area contributed by atoms with Gasteiger partial charge in [-0.1, -0.05) is 0 Å². The Morgan fingerprint density at radius 3 is 2.48 bits per heavy atom. The average Bonchev–Trinajstić information content (AvgIpc) is 2.77. The van der Waals surface area contributed by atoms with Gasteiger partial charge in [0.15, 0.2) is 0 Å². The largest absolute Gasteiger partial charge is 0.450 e. The molecule has 0 aliphatic heterocycles. The summed E-state index contributed by atoms with van der Waals surface area (Å²) >= 11 is 1.12. The first-order chi connectivity index (χ1) is 9.99. The lowest BCUT2D eigenvalue weighted by Gasteiger charge is -2.06. The van der Waals surface area contributed by atoms with Crippen LogP contribution in [0.2, 0.25) is 0 Å².